The number of rotatable bonds is 2. The zero-order chi connectivity index (χ0) is 14.8. The van der Waals surface area contributed by atoms with E-state index in [-0.39, 0.29) is 13.2 Å². The summed E-state index contributed by atoms with van der Waals surface area (Å²) in [5.74, 6) is -1.28. The van der Waals surface area contributed by atoms with E-state index in [0.717, 1.165) is 0 Å². The molecule has 21 heavy (non-hydrogen) atoms. The molecule has 0 unspecified atom stereocenters. The second-order valence-electron chi connectivity index (χ2n) is 4.63. The number of hydrogen-bond donors (Lipinski definition) is 0. The Labute approximate surface area is 119 Å². The van der Waals surface area contributed by atoms with Gasteiger partial charge in [0, 0.05) is 11.1 Å². The normalized spacial score (nSPS) is 14.6. The first-order valence-electron chi connectivity index (χ1n) is 6.38. The highest BCUT2D eigenvalue weighted by Crippen LogP contribution is 2.24. The van der Waals surface area contributed by atoms with Gasteiger partial charge in [-0.15, -0.1) is 0 Å². The minimum atomic E-state index is -0.474. The van der Waals surface area contributed by atoms with Crippen molar-refractivity contribution in [1.29, 1.82) is 0 Å². The van der Waals surface area contributed by atoms with E-state index in [1.807, 2.05) is 0 Å². The summed E-state index contributed by atoms with van der Waals surface area (Å²) >= 11 is 0. The van der Waals surface area contributed by atoms with E-state index in [2.05, 4.69) is 4.99 Å². The van der Waals surface area contributed by atoms with Crippen molar-refractivity contribution < 1.29 is 18.3 Å². The number of nitrogens with zero attached hydrogens (tertiary/aromatic N) is 1. The van der Waals surface area contributed by atoms with Crippen LogP contribution in [0.3, 0.4) is 0 Å². The van der Waals surface area contributed by atoms with E-state index >= 15 is 0 Å². The molecule has 0 spiro atoms. The van der Waals surface area contributed by atoms with Gasteiger partial charge in [-0.3, -0.25) is 9.79 Å². The van der Waals surface area contributed by atoms with Gasteiger partial charge in [0.1, 0.15) is 24.8 Å². The highest BCUT2D eigenvalue weighted by atomic mass is 19.1. The third kappa shape index (κ3) is 2.81. The number of carbonyl (C=O) groups is 1. The maximum atomic E-state index is 14.2. The minimum absolute atomic E-state index is 0.0393. The maximum absolute atomic E-state index is 14.2. The number of cyclic esters (lactones) is 1. The van der Waals surface area contributed by atoms with Gasteiger partial charge < -0.3 is 4.74 Å². The molecular weight excluding hydrogens is 276 g/mol. The zero-order valence-corrected chi connectivity index (χ0v) is 11.0. The van der Waals surface area contributed by atoms with Crippen LogP contribution in [0.2, 0.25) is 0 Å². The molecule has 2 aromatic rings. The van der Waals surface area contributed by atoms with E-state index in [4.69, 9.17) is 4.74 Å². The van der Waals surface area contributed by atoms with Crippen LogP contribution in [0.1, 0.15) is 5.56 Å². The average Bonchev–Trinajstić information content (AvgIpc) is 2.48. The Balaban J connectivity index is 1.95. The molecular formula is C16H11F2NO2. The van der Waals surface area contributed by atoms with E-state index in [1.54, 1.807) is 18.2 Å². The Morgan fingerprint density at radius 3 is 2.57 bits per heavy atom. The van der Waals surface area contributed by atoms with Gasteiger partial charge in [0.2, 0.25) is 0 Å². The van der Waals surface area contributed by atoms with Crippen LogP contribution < -0.4 is 0 Å². The topological polar surface area (TPSA) is 38.7 Å². The lowest BCUT2D eigenvalue weighted by atomic mass is 10.0. The molecule has 0 saturated heterocycles. The van der Waals surface area contributed by atoms with Crippen molar-refractivity contribution in [1.82, 2.24) is 0 Å². The monoisotopic (exact) mass is 287 g/mol. The molecule has 0 radical (unpaired) electrons. The molecule has 0 bridgehead atoms. The standard InChI is InChI=1S/C16H11F2NO2/c17-12-3-1-2-10(6-12)13-5-4-11(7-14(13)18)15-9-21-16(20)8-19-15/h1-7H,8-9H2. The number of esters is 1. The van der Waals surface area contributed by atoms with Crippen molar-refractivity contribution in [3.63, 3.8) is 0 Å². The number of carbonyl (C=O) groups excluding carboxylic acids is 1. The smallest absolute Gasteiger partial charge is 0.328 e. The van der Waals surface area contributed by atoms with Gasteiger partial charge in [-0.1, -0.05) is 24.3 Å². The lowest BCUT2D eigenvalue weighted by Gasteiger charge is -2.13. The highest BCUT2D eigenvalue weighted by molar-refractivity contribution is 6.04. The van der Waals surface area contributed by atoms with Crippen molar-refractivity contribution in [2.45, 2.75) is 0 Å². The molecule has 0 amide bonds. The van der Waals surface area contributed by atoms with Crippen LogP contribution in [-0.2, 0) is 9.53 Å². The summed E-state index contributed by atoms with van der Waals surface area (Å²) in [6.07, 6.45) is 0. The zero-order valence-electron chi connectivity index (χ0n) is 11.0. The van der Waals surface area contributed by atoms with Gasteiger partial charge in [0.05, 0.1) is 5.71 Å². The Kier molecular flexibility index (Phi) is 3.48. The van der Waals surface area contributed by atoms with Crippen LogP contribution in [0.5, 0.6) is 0 Å². The fourth-order valence-corrected chi connectivity index (χ4v) is 2.16. The first-order valence-corrected chi connectivity index (χ1v) is 6.38. The lowest BCUT2D eigenvalue weighted by Crippen LogP contribution is -2.23. The maximum Gasteiger partial charge on any atom is 0.328 e. The summed E-state index contributed by atoms with van der Waals surface area (Å²) in [6, 6.07) is 10.3. The quantitative estimate of drug-likeness (QED) is 0.796. The van der Waals surface area contributed by atoms with Crippen LogP contribution in [0, 0.1) is 11.6 Å². The van der Waals surface area contributed by atoms with Crippen molar-refractivity contribution in [3.8, 4) is 11.1 Å². The molecule has 3 rings (SSSR count). The van der Waals surface area contributed by atoms with Gasteiger partial charge in [-0.05, 0) is 23.8 Å². The van der Waals surface area contributed by atoms with Gasteiger partial charge in [0.25, 0.3) is 0 Å². The molecule has 3 nitrogen and oxygen atoms in total. The molecule has 1 aliphatic rings. The lowest BCUT2D eigenvalue weighted by molar-refractivity contribution is -0.140. The predicted molar refractivity (Wildman–Crippen MR) is 74.2 cm³/mol. The second-order valence-corrected chi connectivity index (χ2v) is 4.63. The van der Waals surface area contributed by atoms with E-state index in [9.17, 15) is 13.6 Å². The minimum Gasteiger partial charge on any atom is -0.458 e. The van der Waals surface area contributed by atoms with Gasteiger partial charge in [0.15, 0.2) is 0 Å². The molecule has 1 heterocycles. The molecule has 0 aromatic heterocycles. The Morgan fingerprint density at radius 1 is 1.05 bits per heavy atom. The summed E-state index contributed by atoms with van der Waals surface area (Å²) in [4.78, 5) is 15.0. The molecule has 0 atom stereocenters. The first-order chi connectivity index (χ1) is 10.1. The number of benzene rings is 2. The van der Waals surface area contributed by atoms with Crippen LogP contribution in [0.15, 0.2) is 47.5 Å². The molecule has 2 aromatic carbocycles. The van der Waals surface area contributed by atoms with E-state index < -0.39 is 17.6 Å². The first kappa shape index (κ1) is 13.4. The fourth-order valence-electron chi connectivity index (χ4n) is 2.16. The highest BCUT2D eigenvalue weighted by Gasteiger charge is 2.16. The fraction of sp³-hybridized carbons (Fsp3) is 0.125. The third-order valence-corrected chi connectivity index (χ3v) is 3.21. The Bertz CT molecular complexity index is 741. The Morgan fingerprint density at radius 2 is 1.90 bits per heavy atom. The summed E-state index contributed by atoms with van der Waals surface area (Å²) in [5, 5.41) is 0. The SMILES string of the molecule is O=C1CN=C(c2ccc(-c3cccc(F)c3)c(F)c2)CO1. The van der Waals surface area contributed by atoms with Crippen LogP contribution in [-0.4, -0.2) is 24.8 Å². The van der Waals surface area contributed by atoms with Gasteiger partial charge in [-0.25, -0.2) is 8.78 Å². The van der Waals surface area contributed by atoms with Crippen molar-refractivity contribution >= 4 is 11.7 Å². The van der Waals surface area contributed by atoms with Crippen molar-refractivity contribution in [2.75, 3.05) is 13.2 Å². The second kappa shape index (κ2) is 5.44. The van der Waals surface area contributed by atoms with Crippen LogP contribution in [0.25, 0.3) is 11.1 Å². The molecule has 5 heteroatoms. The van der Waals surface area contributed by atoms with Crippen LogP contribution >= 0.6 is 0 Å². The summed E-state index contributed by atoms with van der Waals surface area (Å²) in [6.45, 7) is -0.0137. The van der Waals surface area contributed by atoms with E-state index in [1.165, 1.54) is 24.3 Å². The molecule has 0 aliphatic carbocycles. The largest absolute Gasteiger partial charge is 0.458 e. The molecule has 0 N–H and O–H groups in total. The van der Waals surface area contributed by atoms with Crippen molar-refractivity contribution in [2.24, 2.45) is 4.99 Å². The molecule has 0 saturated carbocycles. The number of hydrogen-bond acceptors (Lipinski definition) is 3. The molecule has 106 valence electrons. The summed E-state index contributed by atoms with van der Waals surface area (Å²) < 4.78 is 32.3. The van der Waals surface area contributed by atoms with Gasteiger partial charge in [-0.2, -0.15) is 0 Å². The third-order valence-electron chi connectivity index (χ3n) is 3.21. The Hall–Kier alpha value is -2.56. The number of ether oxygens (including phenoxy) is 1. The number of halogens is 2. The predicted octanol–water partition coefficient (Wildman–Crippen LogP) is 2.98. The molecule has 0 fully saturated rings. The van der Waals surface area contributed by atoms with E-state index in [0.29, 0.717) is 22.4 Å². The van der Waals surface area contributed by atoms with Crippen LogP contribution in [0.4, 0.5) is 8.78 Å². The summed E-state index contributed by atoms with van der Waals surface area (Å²) in [5.41, 5.74) is 1.86. The van der Waals surface area contributed by atoms with Gasteiger partial charge >= 0.3 is 5.97 Å². The average molecular weight is 287 g/mol. The van der Waals surface area contributed by atoms with Crippen molar-refractivity contribution in [3.05, 3.63) is 59.7 Å². The molecule has 1 aliphatic heterocycles. The number of aliphatic imine (C=N–C) groups is 1. The summed E-state index contributed by atoms with van der Waals surface area (Å²) in [7, 11) is 0.